The summed E-state index contributed by atoms with van der Waals surface area (Å²) in [5, 5.41) is 33.3. The smallest absolute Gasteiger partial charge is 0.423 e. The number of fused-ring (bicyclic) bond motifs is 2. The summed E-state index contributed by atoms with van der Waals surface area (Å²) < 4.78 is 63.6. The van der Waals surface area contributed by atoms with E-state index in [0.29, 0.717) is 16.9 Å². The van der Waals surface area contributed by atoms with Crippen molar-refractivity contribution in [3.05, 3.63) is 145 Å². The number of hydrogen-bond acceptors (Lipinski definition) is 9. The molecule has 8 aromatic rings. The summed E-state index contributed by atoms with van der Waals surface area (Å²) in [4.78, 5) is 8.80. The van der Waals surface area contributed by atoms with Crippen LogP contribution in [-0.4, -0.2) is 61.5 Å². The molecule has 16 heteroatoms. The van der Waals surface area contributed by atoms with E-state index in [2.05, 4.69) is 83.1 Å². The van der Waals surface area contributed by atoms with Crippen molar-refractivity contribution in [1.29, 1.82) is 0 Å². The molecule has 0 fully saturated rings. The zero-order chi connectivity index (χ0) is 39.2. The first-order valence-electron chi connectivity index (χ1n) is 16.6. The summed E-state index contributed by atoms with van der Waals surface area (Å²) in [5.74, 6) is -0.423. The summed E-state index contributed by atoms with van der Waals surface area (Å²) >= 11 is 0. The van der Waals surface area contributed by atoms with E-state index in [9.17, 15) is 21.6 Å². The van der Waals surface area contributed by atoms with E-state index < -0.39 is 28.5 Å². The van der Waals surface area contributed by atoms with Gasteiger partial charge in [0, 0.05) is 33.3 Å². The molecule has 0 saturated heterocycles. The third-order valence-corrected chi connectivity index (χ3v) is 9.11. The normalized spacial score (nSPS) is 11.3. The standard InChI is InChI=1S/C19H15N3.C13H10F3NO3S.C7H7BN2O2/c1-13-5-4-8-19(21-13)17-7-3-2-6-16(17)14-9-10-18-15(11-14)12-20-22-18;1-9-5-4-7-11(17-9)10-6-2-3-8-12(10)20-21(18,19)13(14,15)16;11-8(12)6-1-2-7-5(3-6)4-9-10-7/h2-12H,1H3,(H,20,22);2-8H,1H3;1-4,11-12H,(H,9,10). The van der Waals surface area contributed by atoms with E-state index in [4.69, 9.17) is 10.0 Å². The number of nitrogens with one attached hydrogen (secondary N) is 2. The van der Waals surface area contributed by atoms with Gasteiger partial charge in [-0.3, -0.25) is 20.2 Å². The van der Waals surface area contributed by atoms with Crippen molar-refractivity contribution in [2.24, 2.45) is 0 Å². The maximum Gasteiger partial charge on any atom is 0.534 e. The van der Waals surface area contributed by atoms with Gasteiger partial charge in [0.1, 0.15) is 0 Å². The number of aromatic amines is 2. The Kier molecular flexibility index (Phi) is 11.4. The highest BCUT2D eigenvalue weighted by Gasteiger charge is 2.48. The average Bonchev–Trinajstić information content (AvgIpc) is 3.84. The lowest BCUT2D eigenvalue weighted by atomic mass is 9.80. The molecule has 4 aromatic heterocycles. The van der Waals surface area contributed by atoms with Crippen LogP contribution in [-0.2, 0) is 10.1 Å². The predicted octanol–water partition coefficient (Wildman–Crippen LogP) is 7.13. The van der Waals surface area contributed by atoms with E-state index in [1.54, 1.807) is 55.6 Å². The lowest BCUT2D eigenvalue weighted by molar-refractivity contribution is -0.0499. The Morgan fingerprint density at radius 2 is 1.16 bits per heavy atom. The molecule has 0 unspecified atom stereocenters. The van der Waals surface area contributed by atoms with Crippen LogP contribution in [0.1, 0.15) is 11.4 Å². The minimum atomic E-state index is -5.72. The van der Waals surface area contributed by atoms with Gasteiger partial charge in [0.25, 0.3) is 0 Å². The Labute approximate surface area is 313 Å². The highest BCUT2D eigenvalue weighted by Crippen LogP contribution is 2.34. The molecule has 11 nitrogen and oxygen atoms in total. The largest absolute Gasteiger partial charge is 0.534 e. The van der Waals surface area contributed by atoms with Crippen LogP contribution in [0.4, 0.5) is 13.2 Å². The van der Waals surface area contributed by atoms with Crippen molar-refractivity contribution < 1.29 is 35.8 Å². The molecule has 0 amide bonds. The quantitative estimate of drug-likeness (QED) is 0.0783. The van der Waals surface area contributed by atoms with Gasteiger partial charge >= 0.3 is 22.7 Å². The van der Waals surface area contributed by atoms with Crippen LogP contribution in [0.3, 0.4) is 0 Å². The summed E-state index contributed by atoms with van der Waals surface area (Å²) in [6, 6.07) is 36.4. The molecule has 0 spiro atoms. The van der Waals surface area contributed by atoms with Crippen molar-refractivity contribution in [2.75, 3.05) is 0 Å². The number of para-hydroxylation sites is 1. The van der Waals surface area contributed by atoms with Crippen molar-refractivity contribution in [3.63, 3.8) is 0 Å². The second kappa shape index (κ2) is 16.3. The van der Waals surface area contributed by atoms with E-state index >= 15 is 0 Å². The second-order valence-corrected chi connectivity index (χ2v) is 13.7. The van der Waals surface area contributed by atoms with E-state index in [-0.39, 0.29) is 5.56 Å². The van der Waals surface area contributed by atoms with Gasteiger partial charge in [-0.05, 0) is 85.0 Å². The summed E-state index contributed by atoms with van der Waals surface area (Å²) in [7, 11) is -7.13. The van der Waals surface area contributed by atoms with Crippen LogP contribution in [0.25, 0.3) is 55.4 Å². The number of benzene rings is 4. The fraction of sp³-hybridized carbons (Fsp3) is 0.0769. The second-order valence-electron chi connectivity index (χ2n) is 12.1. The topological polar surface area (TPSA) is 167 Å². The van der Waals surface area contributed by atoms with Crippen LogP contribution in [0, 0.1) is 13.8 Å². The van der Waals surface area contributed by atoms with E-state index in [1.807, 2.05) is 25.3 Å². The highest BCUT2D eigenvalue weighted by molar-refractivity contribution is 7.88. The Bertz CT molecular complexity index is 2690. The van der Waals surface area contributed by atoms with Gasteiger partial charge in [-0.15, -0.1) is 0 Å². The molecule has 0 atom stereocenters. The van der Waals surface area contributed by atoms with Crippen molar-refractivity contribution in [2.45, 2.75) is 19.4 Å². The molecule has 4 aromatic carbocycles. The number of alkyl halides is 3. The van der Waals surface area contributed by atoms with Gasteiger partial charge in [0.2, 0.25) is 0 Å². The van der Waals surface area contributed by atoms with Gasteiger partial charge in [-0.25, -0.2) is 0 Å². The summed E-state index contributed by atoms with van der Waals surface area (Å²) in [6.45, 7) is 3.73. The number of aryl methyl sites for hydroxylation is 2. The van der Waals surface area contributed by atoms with Crippen LogP contribution in [0.15, 0.2) is 134 Å². The Morgan fingerprint density at radius 3 is 1.75 bits per heavy atom. The minimum Gasteiger partial charge on any atom is -0.423 e. The number of nitrogens with zero attached hydrogens (tertiary/aromatic N) is 4. The molecule has 0 radical (unpaired) electrons. The molecule has 8 rings (SSSR count). The fourth-order valence-electron chi connectivity index (χ4n) is 5.49. The molecular formula is C39H32BF3N6O5S. The first-order valence-corrected chi connectivity index (χ1v) is 18.0. The average molecular weight is 765 g/mol. The predicted molar refractivity (Wildman–Crippen MR) is 205 cm³/mol. The zero-order valence-corrected chi connectivity index (χ0v) is 30.0. The molecule has 4 heterocycles. The molecule has 55 heavy (non-hydrogen) atoms. The van der Waals surface area contributed by atoms with Gasteiger partial charge < -0.3 is 14.2 Å². The number of H-pyrrole nitrogens is 2. The highest BCUT2D eigenvalue weighted by atomic mass is 32.2. The van der Waals surface area contributed by atoms with Crippen molar-refractivity contribution in [3.8, 4) is 39.4 Å². The molecule has 0 aliphatic rings. The van der Waals surface area contributed by atoms with Gasteiger partial charge in [0.05, 0.1) is 34.8 Å². The zero-order valence-electron chi connectivity index (χ0n) is 29.2. The fourth-order valence-corrected chi connectivity index (χ4v) is 5.97. The molecule has 4 N–H and O–H groups in total. The van der Waals surface area contributed by atoms with Crippen LogP contribution >= 0.6 is 0 Å². The van der Waals surface area contributed by atoms with E-state index in [1.165, 1.54) is 23.3 Å². The minimum absolute atomic E-state index is 0.161. The molecule has 0 saturated carbocycles. The lowest BCUT2D eigenvalue weighted by Gasteiger charge is -2.12. The Hall–Kier alpha value is -6.36. The molecule has 0 aliphatic carbocycles. The van der Waals surface area contributed by atoms with Gasteiger partial charge in [-0.1, -0.05) is 66.7 Å². The monoisotopic (exact) mass is 764 g/mol. The number of pyridine rings is 2. The number of rotatable bonds is 6. The summed E-state index contributed by atoms with van der Waals surface area (Å²) in [5.41, 5.74) is 3.59. The molecular weight excluding hydrogens is 732 g/mol. The van der Waals surface area contributed by atoms with Crippen LogP contribution < -0.4 is 9.65 Å². The number of aromatic nitrogens is 6. The molecule has 0 aliphatic heterocycles. The van der Waals surface area contributed by atoms with E-state index in [0.717, 1.165) is 44.8 Å². The maximum atomic E-state index is 12.4. The third kappa shape index (κ3) is 9.24. The van der Waals surface area contributed by atoms with Crippen molar-refractivity contribution in [1.82, 2.24) is 30.4 Å². The van der Waals surface area contributed by atoms with Gasteiger partial charge in [0.15, 0.2) is 5.75 Å². The number of halogens is 3. The SMILES string of the molecule is Cc1cccc(-c2ccccc2-c2ccc3[nH]ncc3c2)n1.Cc1cccc(-c2ccccc2OS(=O)(=O)C(F)(F)F)n1.OB(O)c1ccc2[nH]ncc2c1. The molecule has 0 bridgehead atoms. The Morgan fingerprint density at radius 1 is 0.636 bits per heavy atom. The number of hydrogen-bond donors (Lipinski definition) is 4. The molecule has 278 valence electrons. The van der Waals surface area contributed by atoms with Gasteiger partial charge in [-0.2, -0.15) is 31.8 Å². The summed E-state index contributed by atoms with van der Waals surface area (Å²) in [6.07, 6.45) is 3.49. The maximum absolute atomic E-state index is 12.4. The lowest BCUT2D eigenvalue weighted by Crippen LogP contribution is -2.29. The Balaban J connectivity index is 0.000000146. The first kappa shape index (κ1) is 38.4. The van der Waals surface area contributed by atoms with Crippen LogP contribution in [0.5, 0.6) is 5.75 Å². The third-order valence-electron chi connectivity index (χ3n) is 8.14. The first-order chi connectivity index (χ1) is 26.3. The van der Waals surface area contributed by atoms with Crippen LogP contribution in [0.2, 0.25) is 0 Å². The van der Waals surface area contributed by atoms with Crippen molar-refractivity contribution >= 4 is 44.5 Å².